The molecule has 92 valence electrons. The van der Waals surface area contributed by atoms with Gasteiger partial charge in [-0.1, -0.05) is 25.1 Å². The lowest BCUT2D eigenvalue weighted by Gasteiger charge is -2.04. The van der Waals surface area contributed by atoms with E-state index in [2.05, 4.69) is 39.8 Å². The van der Waals surface area contributed by atoms with Gasteiger partial charge in [-0.05, 0) is 6.07 Å². The van der Waals surface area contributed by atoms with Crippen LogP contribution in [0.25, 0.3) is 10.9 Å². The summed E-state index contributed by atoms with van der Waals surface area (Å²) in [5.41, 5.74) is 2.27. The number of rotatable bonds is 3. The van der Waals surface area contributed by atoms with Crippen molar-refractivity contribution >= 4 is 10.9 Å². The van der Waals surface area contributed by atoms with Gasteiger partial charge in [-0.2, -0.15) is 5.10 Å². The third-order valence-corrected chi connectivity index (χ3v) is 3.27. The van der Waals surface area contributed by atoms with Gasteiger partial charge >= 0.3 is 0 Å². The normalized spacial score (nSPS) is 11.2. The molecule has 0 unspecified atom stereocenters. The highest BCUT2D eigenvalue weighted by Gasteiger charge is 2.09. The summed E-state index contributed by atoms with van der Waals surface area (Å²) in [6, 6.07) is 8.32. The average Bonchev–Trinajstić information content (AvgIpc) is 2.96. The number of aryl methyl sites for hydroxylation is 2. The van der Waals surface area contributed by atoms with Gasteiger partial charge in [-0.15, -0.1) is 0 Å². The first-order valence-corrected chi connectivity index (χ1v) is 6.20. The molecule has 0 N–H and O–H groups in total. The predicted octanol–water partition coefficient (Wildman–Crippen LogP) is 2.38. The Kier molecular flexibility index (Phi) is 2.63. The van der Waals surface area contributed by atoms with Crippen LogP contribution in [0.4, 0.5) is 0 Å². The minimum absolute atomic E-state index is 0.782. The van der Waals surface area contributed by atoms with Gasteiger partial charge in [0.25, 0.3) is 0 Å². The molecule has 0 radical (unpaired) electrons. The molecule has 0 aliphatic rings. The zero-order valence-corrected chi connectivity index (χ0v) is 10.7. The first kappa shape index (κ1) is 11.0. The van der Waals surface area contributed by atoms with Crippen LogP contribution in [0, 0.1) is 0 Å². The molecule has 0 saturated carbocycles. The summed E-state index contributed by atoms with van der Waals surface area (Å²) in [5, 5.41) is 5.83. The van der Waals surface area contributed by atoms with Gasteiger partial charge in [0.05, 0.1) is 17.8 Å². The van der Waals surface area contributed by atoms with Gasteiger partial charge in [-0.25, -0.2) is 4.98 Å². The van der Waals surface area contributed by atoms with Crippen LogP contribution in [0.2, 0.25) is 0 Å². The van der Waals surface area contributed by atoms with Gasteiger partial charge in [0.1, 0.15) is 5.82 Å². The van der Waals surface area contributed by atoms with E-state index in [4.69, 9.17) is 0 Å². The molecule has 18 heavy (non-hydrogen) atoms. The van der Waals surface area contributed by atoms with E-state index >= 15 is 0 Å². The quantitative estimate of drug-likeness (QED) is 0.704. The fourth-order valence-electron chi connectivity index (χ4n) is 2.37. The summed E-state index contributed by atoms with van der Waals surface area (Å²) in [5.74, 6) is 1.10. The number of fused-ring (bicyclic) bond motifs is 1. The van der Waals surface area contributed by atoms with E-state index in [0.717, 1.165) is 24.5 Å². The maximum Gasteiger partial charge on any atom is 0.108 e. The second-order valence-electron chi connectivity index (χ2n) is 4.41. The molecule has 0 aliphatic heterocycles. The van der Waals surface area contributed by atoms with Crippen molar-refractivity contribution in [3.8, 4) is 0 Å². The number of hydrogen-bond donors (Lipinski definition) is 0. The van der Waals surface area contributed by atoms with Gasteiger partial charge in [0.15, 0.2) is 0 Å². The Morgan fingerprint density at radius 2 is 2.06 bits per heavy atom. The van der Waals surface area contributed by atoms with Crippen LogP contribution in [0.3, 0.4) is 0 Å². The molecule has 0 amide bonds. The van der Waals surface area contributed by atoms with Crippen LogP contribution in [-0.2, 0) is 20.0 Å². The van der Waals surface area contributed by atoms with Crippen molar-refractivity contribution in [2.24, 2.45) is 7.05 Å². The van der Waals surface area contributed by atoms with E-state index in [9.17, 15) is 0 Å². The second kappa shape index (κ2) is 4.29. The molecule has 0 saturated heterocycles. The monoisotopic (exact) mass is 240 g/mol. The van der Waals surface area contributed by atoms with Gasteiger partial charge in [0.2, 0.25) is 0 Å². The van der Waals surface area contributed by atoms with E-state index in [1.165, 1.54) is 10.9 Å². The summed E-state index contributed by atoms with van der Waals surface area (Å²) in [6.45, 7) is 2.90. The molecule has 3 aromatic rings. The number of hydrogen-bond acceptors (Lipinski definition) is 2. The van der Waals surface area contributed by atoms with Crippen LogP contribution in [0.15, 0.2) is 36.7 Å². The molecule has 0 fully saturated rings. The van der Waals surface area contributed by atoms with E-state index in [0.29, 0.717) is 0 Å². The molecule has 0 bridgehead atoms. The Bertz CT molecular complexity index is 678. The Hall–Kier alpha value is -2.10. The van der Waals surface area contributed by atoms with Crippen LogP contribution in [0.1, 0.15) is 18.4 Å². The maximum absolute atomic E-state index is 4.61. The second-order valence-corrected chi connectivity index (χ2v) is 4.41. The summed E-state index contributed by atoms with van der Waals surface area (Å²) in [6.07, 6.45) is 4.81. The standard InChI is InChI=1S/C14H16N4/c1-3-14-15-8-9-18(14)10-12-11-6-4-5-7-13(11)17(2)16-12/h4-9H,3,10H2,1-2H3. The zero-order chi connectivity index (χ0) is 12.5. The first-order chi connectivity index (χ1) is 8.79. The average molecular weight is 240 g/mol. The summed E-state index contributed by atoms with van der Waals surface area (Å²) in [4.78, 5) is 4.35. The lowest BCUT2D eigenvalue weighted by Crippen LogP contribution is -2.04. The molecule has 4 heteroatoms. The minimum atomic E-state index is 0.782. The fraction of sp³-hybridized carbons (Fsp3) is 0.286. The van der Waals surface area contributed by atoms with Crippen molar-refractivity contribution in [1.29, 1.82) is 0 Å². The molecule has 2 aromatic heterocycles. The van der Waals surface area contributed by atoms with Crippen molar-refractivity contribution in [3.63, 3.8) is 0 Å². The largest absolute Gasteiger partial charge is 0.329 e. The smallest absolute Gasteiger partial charge is 0.108 e. The molecule has 3 rings (SSSR count). The van der Waals surface area contributed by atoms with Crippen molar-refractivity contribution in [2.45, 2.75) is 19.9 Å². The predicted molar refractivity (Wildman–Crippen MR) is 71.4 cm³/mol. The Balaban J connectivity index is 2.05. The topological polar surface area (TPSA) is 35.6 Å². The summed E-state index contributed by atoms with van der Waals surface area (Å²) in [7, 11) is 1.99. The Morgan fingerprint density at radius 1 is 1.22 bits per heavy atom. The lowest BCUT2D eigenvalue weighted by molar-refractivity contribution is 0.689. The molecule has 0 aliphatic carbocycles. The third-order valence-electron chi connectivity index (χ3n) is 3.27. The molecule has 4 nitrogen and oxygen atoms in total. The first-order valence-electron chi connectivity index (χ1n) is 6.20. The van der Waals surface area contributed by atoms with E-state index in [1.54, 1.807) is 0 Å². The van der Waals surface area contributed by atoms with Crippen molar-refractivity contribution in [3.05, 3.63) is 48.2 Å². The highest BCUT2D eigenvalue weighted by Crippen LogP contribution is 2.18. The molecule has 2 heterocycles. The van der Waals surface area contributed by atoms with Gasteiger partial charge < -0.3 is 4.57 Å². The third kappa shape index (κ3) is 1.70. The molecular weight excluding hydrogens is 224 g/mol. The molecule has 0 atom stereocenters. The molecular formula is C14H16N4. The molecule has 1 aromatic carbocycles. The highest BCUT2D eigenvalue weighted by atomic mass is 15.3. The Morgan fingerprint density at radius 3 is 2.89 bits per heavy atom. The van der Waals surface area contributed by atoms with Gasteiger partial charge in [-0.3, -0.25) is 4.68 Å². The van der Waals surface area contributed by atoms with Gasteiger partial charge in [0, 0.05) is 31.2 Å². The SMILES string of the molecule is CCc1nccn1Cc1nn(C)c2ccccc12. The minimum Gasteiger partial charge on any atom is -0.329 e. The number of aromatic nitrogens is 4. The number of nitrogens with zero attached hydrogens (tertiary/aromatic N) is 4. The summed E-state index contributed by atoms with van der Waals surface area (Å²) < 4.78 is 4.10. The Labute approximate surface area is 106 Å². The summed E-state index contributed by atoms with van der Waals surface area (Å²) >= 11 is 0. The van der Waals surface area contributed by atoms with E-state index in [1.807, 2.05) is 30.2 Å². The number of benzene rings is 1. The fourth-order valence-corrected chi connectivity index (χ4v) is 2.37. The number of para-hydroxylation sites is 1. The van der Waals surface area contributed by atoms with Crippen LogP contribution in [-0.4, -0.2) is 19.3 Å². The van der Waals surface area contributed by atoms with Crippen molar-refractivity contribution in [1.82, 2.24) is 19.3 Å². The highest BCUT2D eigenvalue weighted by molar-refractivity contribution is 5.81. The maximum atomic E-state index is 4.61. The van der Waals surface area contributed by atoms with Crippen LogP contribution in [0.5, 0.6) is 0 Å². The lowest BCUT2D eigenvalue weighted by atomic mass is 10.2. The van der Waals surface area contributed by atoms with Crippen LogP contribution < -0.4 is 0 Å². The van der Waals surface area contributed by atoms with Crippen molar-refractivity contribution < 1.29 is 0 Å². The van der Waals surface area contributed by atoms with Crippen molar-refractivity contribution in [2.75, 3.05) is 0 Å². The zero-order valence-electron chi connectivity index (χ0n) is 10.7. The van der Waals surface area contributed by atoms with E-state index in [-0.39, 0.29) is 0 Å². The number of imidazole rings is 1. The van der Waals surface area contributed by atoms with Crippen LogP contribution >= 0.6 is 0 Å². The van der Waals surface area contributed by atoms with E-state index < -0.39 is 0 Å². The molecule has 0 spiro atoms.